The molecule has 0 amide bonds. The van der Waals surface area contributed by atoms with Crippen LogP contribution in [0.5, 0.6) is 0 Å². The lowest BCUT2D eigenvalue weighted by Crippen LogP contribution is -2.57. The van der Waals surface area contributed by atoms with Gasteiger partial charge in [0.05, 0.1) is 0 Å². The van der Waals surface area contributed by atoms with Crippen molar-refractivity contribution in [2.45, 2.75) is 444 Å². The van der Waals surface area contributed by atoms with E-state index < -0.39 is 0 Å². The van der Waals surface area contributed by atoms with E-state index in [2.05, 4.69) is 386 Å². The zero-order chi connectivity index (χ0) is 96.3. The van der Waals surface area contributed by atoms with Crippen molar-refractivity contribution in [3.8, 4) is 44.5 Å². The van der Waals surface area contributed by atoms with Gasteiger partial charge in [0.25, 0.3) is 0 Å². The SMILES string of the molecule is C.C.C.C.C.C.C.C.C.C.CC.CC.CC1CCC(C)CC1.CC1CCC(C2CCC(C)CC2)CC1.C[C@@]12CCCC1[C@]1(C)CCC3CCCC[C@]3(C)C1CC2.Cc1ccc(-c2ccc(-c3ccc(C)cc3)cc2)cc1.Cc1ccc(-c2ccc(C)cc2)cc1.Cc1ccc(-c2ccc(C3CCC(C)CC3)cc2)cc1.Cc1ccc(C)cc1.Cc1ccc(C2CCC(C)CC2)cc1.Cc1ccc2cc(C)ccc2c1. The molecule has 0 heteroatoms. The largest absolute Gasteiger partial charge is 0.0776 e. The summed E-state index contributed by atoms with van der Waals surface area (Å²) in [5.74, 6) is 13.0. The van der Waals surface area contributed by atoms with Crippen molar-refractivity contribution < 1.29 is 0 Å². The van der Waals surface area contributed by atoms with E-state index in [0.29, 0.717) is 16.2 Å². The molecule has 0 bridgehead atoms. The first-order chi connectivity index (χ1) is 64.5. The first kappa shape index (κ1) is 136. The third-order valence-corrected chi connectivity index (χ3v) is 33.9. The van der Waals surface area contributed by atoms with Crippen LogP contribution in [0.25, 0.3) is 55.3 Å². The Bertz CT molecular complexity index is 4860. The van der Waals surface area contributed by atoms with Crippen LogP contribution in [0.15, 0.2) is 255 Å². The average Bonchev–Trinajstić information content (AvgIpc) is 1.38. The quantitative estimate of drug-likeness (QED) is 0.149. The molecule has 6 atom stereocenters. The number of hydrogen-bond acceptors (Lipinski definition) is 0. The third kappa shape index (κ3) is 41.3. The standard InChI is InChI=1S/C20H34.C20H24.C20H18.C14H26.C14H20.C14H14.C12H12.C8H16.C8H10.2C2H6.10CH4/c1-18-11-6-8-16(18)20(3)14-9-15-7-4-5-12-19(15,2)17(20)10-13-18;2*1-15-3-7-17(8-4-15)19-11-13-20(14-12-19)18-9-5-16(2)6-10-18;3*1-11-3-7-13(8-4-11)14-9-5-12(2)6-10-14;1-9-3-5-12-8-10(2)4-6-11(12)7-9;2*1-7-3-5-8(2)6-4-7;2*1-2;;;;;;;;;;/h15-17H,4-14H2,1-3H3;3-4,7-8,11-14,16,18H,5-6,9-10H2,1-2H3;3-14H,1-2H3;11-14H,3-10H2,1-2H3;3-4,7-8,12,14H,5-6,9-10H2,1-2H3;3-10H,1-2H3;3-8H,1-2H3;7-8H,3-6H2,1-2H3;3-6H,1-2H3;2*1-2H3;10*1H4/t15?,16?,17?,18-,19-,20-;;;;;;;;;;;;;;;;;;;;/m0..................../s1. The van der Waals surface area contributed by atoms with Gasteiger partial charge in [-0.15, -0.1) is 0 Å². The molecule has 144 heavy (non-hydrogen) atoms. The lowest BCUT2D eigenvalue weighted by atomic mass is 9.40. The number of fused-ring (bicyclic) bond motifs is 6. The first-order valence-corrected chi connectivity index (χ1v) is 54.6. The van der Waals surface area contributed by atoms with E-state index in [1.807, 2.05) is 27.7 Å². The zero-order valence-electron chi connectivity index (χ0n) is 89.2. The van der Waals surface area contributed by atoms with Gasteiger partial charge >= 0.3 is 0 Å². The Morgan fingerprint density at radius 3 is 0.701 bits per heavy atom. The van der Waals surface area contributed by atoms with Crippen LogP contribution in [0, 0.1) is 151 Å². The summed E-state index contributed by atoms with van der Waals surface area (Å²) in [5.41, 5.74) is 28.7. The summed E-state index contributed by atoms with van der Waals surface area (Å²) in [6, 6.07) is 92.1. The highest BCUT2D eigenvalue weighted by Gasteiger charge is 2.62. The van der Waals surface area contributed by atoms with Crippen molar-refractivity contribution in [2.24, 2.45) is 81.3 Å². The fourth-order valence-electron chi connectivity index (χ4n) is 24.6. The monoisotopic (exact) mass is 1960 g/mol. The molecule has 3 unspecified atom stereocenters. The van der Waals surface area contributed by atoms with Gasteiger partial charge in [0, 0.05) is 0 Å². The maximum Gasteiger partial charge on any atom is -0.0162 e. The van der Waals surface area contributed by atoms with Crippen LogP contribution < -0.4 is 0 Å². The number of aryl methyl sites for hydroxylation is 10. The minimum absolute atomic E-state index is 0. The normalized spacial score (nSPS) is 24.5. The fourth-order valence-corrected chi connectivity index (χ4v) is 24.6. The van der Waals surface area contributed by atoms with Crippen molar-refractivity contribution in [1.82, 2.24) is 0 Å². The van der Waals surface area contributed by atoms with E-state index in [-0.39, 0.29) is 74.3 Å². The van der Waals surface area contributed by atoms with Gasteiger partial charge in [0.1, 0.15) is 0 Å². The van der Waals surface area contributed by atoms with Gasteiger partial charge in [0.15, 0.2) is 0 Å². The second kappa shape index (κ2) is 68.3. The number of rotatable bonds is 7. The maximum atomic E-state index is 2.72. The molecule has 9 aliphatic carbocycles. The van der Waals surface area contributed by atoms with Gasteiger partial charge in [-0.3, -0.25) is 0 Å². The molecule has 0 nitrogen and oxygen atoms in total. The average molecular weight is 1960 g/mol. The van der Waals surface area contributed by atoms with Gasteiger partial charge in [0.2, 0.25) is 0 Å². The molecule has 0 saturated heterocycles. The lowest BCUT2D eigenvalue weighted by Gasteiger charge is -2.65. The number of hydrogen-bond donors (Lipinski definition) is 0. The van der Waals surface area contributed by atoms with Crippen LogP contribution in [-0.4, -0.2) is 0 Å². The minimum Gasteiger partial charge on any atom is -0.0776 e. The molecule has 11 aromatic rings. The van der Waals surface area contributed by atoms with Crippen molar-refractivity contribution >= 4 is 10.8 Å². The predicted octanol–water partition coefficient (Wildman–Crippen LogP) is 47.7. The smallest absolute Gasteiger partial charge is 0.0162 e. The molecular weight excluding hydrogens is 1730 g/mol. The van der Waals surface area contributed by atoms with Crippen molar-refractivity contribution in [2.75, 3.05) is 0 Å². The molecule has 0 aliphatic heterocycles. The van der Waals surface area contributed by atoms with Crippen molar-refractivity contribution in [1.29, 1.82) is 0 Å². The summed E-state index contributed by atoms with van der Waals surface area (Å²) >= 11 is 0. The molecule has 0 radical (unpaired) electrons. The van der Waals surface area contributed by atoms with E-state index in [1.54, 1.807) is 76.2 Å². The molecule has 802 valence electrons. The second-order valence-corrected chi connectivity index (χ2v) is 45.0. The predicted molar refractivity (Wildman–Crippen MR) is 661 cm³/mol. The molecule has 0 N–H and O–H groups in total. The minimum atomic E-state index is 0. The fraction of sp³-hybridized carbons (Fsp3) is 0.556. The molecule has 0 aromatic heterocycles. The topological polar surface area (TPSA) is 0 Å². The zero-order valence-corrected chi connectivity index (χ0v) is 89.2. The van der Waals surface area contributed by atoms with Crippen LogP contribution in [0.3, 0.4) is 0 Å². The highest BCUT2D eigenvalue weighted by molar-refractivity contribution is 5.83. The van der Waals surface area contributed by atoms with Gasteiger partial charge in [-0.1, -0.05) is 571 Å². The Balaban J connectivity index is 0.00000160. The Kier molecular flexibility index (Phi) is 64.4. The molecule has 9 fully saturated rings. The van der Waals surface area contributed by atoms with E-state index in [4.69, 9.17) is 0 Å². The molecule has 11 aromatic carbocycles. The molecule has 9 aliphatic rings. The summed E-state index contributed by atoms with van der Waals surface area (Å²) in [6.07, 6.45) is 46.2. The Labute approximate surface area is 896 Å². The van der Waals surface area contributed by atoms with Gasteiger partial charge in [-0.05, 0) is 332 Å². The van der Waals surface area contributed by atoms with E-state index in [1.165, 1.54) is 245 Å². The lowest BCUT2D eigenvalue weighted by molar-refractivity contribution is -0.157. The second-order valence-electron chi connectivity index (χ2n) is 45.0. The molecule has 0 heterocycles. The Hall–Kier alpha value is -8.32. The first-order valence-electron chi connectivity index (χ1n) is 54.6. The van der Waals surface area contributed by atoms with Crippen LogP contribution in [0.2, 0.25) is 0 Å². The van der Waals surface area contributed by atoms with Gasteiger partial charge < -0.3 is 0 Å². The summed E-state index contributed by atoms with van der Waals surface area (Å²) in [6.45, 7) is 51.6. The highest BCUT2D eigenvalue weighted by atomic mass is 14.7. The Morgan fingerprint density at radius 2 is 0.417 bits per heavy atom. The van der Waals surface area contributed by atoms with Gasteiger partial charge in [-0.25, -0.2) is 0 Å². The molecule has 9 saturated carbocycles. The number of benzene rings is 11. The maximum absolute atomic E-state index is 2.72. The van der Waals surface area contributed by atoms with E-state index in [0.717, 1.165) is 76.9 Å². The summed E-state index contributed by atoms with van der Waals surface area (Å²) < 4.78 is 0. The highest BCUT2D eigenvalue weighted by Crippen LogP contribution is 2.71. The Morgan fingerprint density at radius 1 is 0.188 bits per heavy atom. The summed E-state index contributed by atoms with van der Waals surface area (Å²) in [5, 5.41) is 2.67. The van der Waals surface area contributed by atoms with Gasteiger partial charge in [-0.2, -0.15) is 0 Å². The molecular formula is C144H226. The summed E-state index contributed by atoms with van der Waals surface area (Å²) in [7, 11) is 0. The summed E-state index contributed by atoms with van der Waals surface area (Å²) in [4.78, 5) is 0. The van der Waals surface area contributed by atoms with Crippen molar-refractivity contribution in [3.05, 3.63) is 322 Å². The van der Waals surface area contributed by atoms with Crippen LogP contribution in [0.4, 0.5) is 0 Å². The molecule has 0 spiro atoms. The van der Waals surface area contributed by atoms with E-state index in [9.17, 15) is 0 Å². The van der Waals surface area contributed by atoms with Crippen LogP contribution in [-0.2, 0) is 0 Å². The van der Waals surface area contributed by atoms with Crippen molar-refractivity contribution in [3.63, 3.8) is 0 Å². The van der Waals surface area contributed by atoms with E-state index >= 15 is 0 Å². The van der Waals surface area contributed by atoms with Crippen LogP contribution >= 0.6 is 0 Å². The molecule has 20 rings (SSSR count). The van der Waals surface area contributed by atoms with Crippen LogP contribution in [0.1, 0.15) is 442 Å². The third-order valence-electron chi connectivity index (χ3n) is 33.9.